The first-order chi connectivity index (χ1) is 18.4. The molecule has 38 heavy (non-hydrogen) atoms. The second-order valence-electron chi connectivity index (χ2n) is 9.25. The van der Waals surface area contributed by atoms with Crippen molar-refractivity contribution in [3.05, 3.63) is 79.1 Å². The molecule has 0 unspecified atom stereocenters. The average molecular weight is 507 g/mol. The van der Waals surface area contributed by atoms with Crippen molar-refractivity contribution in [1.82, 2.24) is 35.0 Å². The maximum Gasteiger partial charge on any atom is 0.238 e. The van der Waals surface area contributed by atoms with Gasteiger partial charge in [0.1, 0.15) is 17.0 Å². The van der Waals surface area contributed by atoms with Crippen LogP contribution in [0.4, 0.5) is 10.1 Å². The maximum atomic E-state index is 13.9. The van der Waals surface area contributed by atoms with Crippen molar-refractivity contribution in [2.75, 3.05) is 26.0 Å². The molecule has 188 valence electrons. The van der Waals surface area contributed by atoms with Crippen molar-refractivity contribution in [2.45, 2.75) is 0 Å². The summed E-state index contributed by atoms with van der Waals surface area (Å²) in [5.41, 5.74) is 7.26. The minimum atomic E-state index is -0.305. The first-order valence-corrected chi connectivity index (χ1v) is 11.9. The minimum absolute atomic E-state index is 0.125. The Labute approximate surface area is 216 Å². The molecule has 1 aromatic carbocycles. The third-order valence-electron chi connectivity index (χ3n) is 6.12. The van der Waals surface area contributed by atoms with Crippen LogP contribution < -0.4 is 5.32 Å². The normalized spacial score (nSPS) is 11.5. The zero-order valence-electron chi connectivity index (χ0n) is 20.7. The fourth-order valence-corrected chi connectivity index (χ4v) is 4.45. The van der Waals surface area contributed by atoms with Crippen molar-refractivity contribution in [3.8, 4) is 33.8 Å². The maximum absolute atomic E-state index is 13.9. The molecule has 3 N–H and O–H groups in total. The fraction of sp³-hybridized carbons (Fsp3) is 0.107. The number of halogens is 1. The van der Waals surface area contributed by atoms with Crippen LogP contribution in [-0.4, -0.2) is 61.6 Å². The minimum Gasteiger partial charge on any atom is -0.352 e. The number of carbonyl (C=O) groups excluding carboxylic acids is 1. The van der Waals surface area contributed by atoms with Crippen LogP contribution >= 0.6 is 0 Å². The Morgan fingerprint density at radius 3 is 2.68 bits per heavy atom. The van der Waals surface area contributed by atoms with Gasteiger partial charge in [0.25, 0.3) is 0 Å². The molecule has 0 aliphatic carbocycles. The van der Waals surface area contributed by atoms with Crippen LogP contribution in [0, 0.1) is 5.82 Å². The highest BCUT2D eigenvalue weighted by molar-refractivity contribution is 6.00. The van der Waals surface area contributed by atoms with Crippen molar-refractivity contribution in [2.24, 2.45) is 0 Å². The molecular weight excluding hydrogens is 483 g/mol. The molecule has 6 rings (SSSR count). The summed E-state index contributed by atoms with van der Waals surface area (Å²) in [6.07, 6.45) is 6.77. The molecule has 0 bridgehead atoms. The number of anilines is 1. The van der Waals surface area contributed by atoms with Crippen molar-refractivity contribution < 1.29 is 9.18 Å². The highest BCUT2D eigenvalue weighted by Gasteiger charge is 2.16. The molecule has 0 radical (unpaired) electrons. The summed E-state index contributed by atoms with van der Waals surface area (Å²) in [7, 11) is 3.67. The summed E-state index contributed by atoms with van der Waals surface area (Å²) in [5.74, 6) is -0.429. The third kappa shape index (κ3) is 4.48. The van der Waals surface area contributed by atoms with E-state index in [1.807, 2.05) is 44.4 Å². The van der Waals surface area contributed by atoms with Gasteiger partial charge in [-0.25, -0.2) is 9.37 Å². The van der Waals surface area contributed by atoms with E-state index in [0.29, 0.717) is 22.6 Å². The molecule has 10 heteroatoms. The molecule has 1 amide bonds. The first kappa shape index (κ1) is 23.4. The van der Waals surface area contributed by atoms with Gasteiger partial charge >= 0.3 is 0 Å². The molecule has 0 atom stereocenters. The number of nitrogens with zero attached hydrogens (tertiary/aromatic N) is 5. The monoisotopic (exact) mass is 506 g/mol. The van der Waals surface area contributed by atoms with E-state index in [0.717, 1.165) is 38.8 Å². The number of fused-ring (bicyclic) bond motifs is 2. The number of H-pyrrole nitrogens is 2. The van der Waals surface area contributed by atoms with Crippen LogP contribution in [0.1, 0.15) is 0 Å². The number of aromatic amines is 2. The van der Waals surface area contributed by atoms with Gasteiger partial charge < -0.3 is 15.2 Å². The molecular formula is C28H23FN8O. The van der Waals surface area contributed by atoms with Crippen LogP contribution in [0.2, 0.25) is 0 Å². The number of benzene rings is 1. The van der Waals surface area contributed by atoms with Crippen molar-refractivity contribution in [1.29, 1.82) is 0 Å². The molecule has 0 fully saturated rings. The zero-order valence-corrected chi connectivity index (χ0v) is 20.7. The Kier molecular flexibility index (Phi) is 5.85. The molecule has 9 nitrogen and oxygen atoms in total. The van der Waals surface area contributed by atoms with Crippen LogP contribution in [0.3, 0.4) is 0 Å². The van der Waals surface area contributed by atoms with E-state index < -0.39 is 0 Å². The van der Waals surface area contributed by atoms with Crippen molar-refractivity contribution in [3.63, 3.8) is 0 Å². The molecule has 0 aliphatic rings. The van der Waals surface area contributed by atoms with Gasteiger partial charge in [-0.1, -0.05) is 12.1 Å². The number of nitrogens with one attached hydrogen (secondary N) is 3. The number of pyridine rings is 3. The number of hydrogen-bond donors (Lipinski definition) is 3. The van der Waals surface area contributed by atoms with E-state index in [1.54, 1.807) is 35.8 Å². The zero-order chi connectivity index (χ0) is 26.2. The first-order valence-electron chi connectivity index (χ1n) is 11.9. The van der Waals surface area contributed by atoms with Crippen LogP contribution in [0.15, 0.2) is 73.3 Å². The van der Waals surface area contributed by atoms with Gasteiger partial charge in [0.15, 0.2) is 0 Å². The van der Waals surface area contributed by atoms with Gasteiger partial charge in [0.2, 0.25) is 5.91 Å². The molecule has 6 aromatic rings. The standard InChI is InChI=1S/C28H23FN8O/c1-37(2)15-26(38)32-19-9-17(11-30-12-19)22-6-7-23-27(34-22)28(36-35-23)24-10-20-21(13-31-14-25(20)33-24)16-4-3-5-18(29)8-16/h3-14,33H,15H2,1-2H3,(H,32,38)(H,35,36). The number of rotatable bonds is 6. The van der Waals surface area contributed by atoms with E-state index in [9.17, 15) is 9.18 Å². The van der Waals surface area contributed by atoms with Gasteiger partial charge in [-0.15, -0.1) is 0 Å². The number of amides is 1. The van der Waals surface area contributed by atoms with Gasteiger partial charge in [0, 0.05) is 28.9 Å². The fourth-order valence-electron chi connectivity index (χ4n) is 4.45. The summed E-state index contributed by atoms with van der Waals surface area (Å²) in [5, 5.41) is 11.3. The largest absolute Gasteiger partial charge is 0.352 e. The molecule has 0 spiro atoms. The average Bonchev–Trinajstić information content (AvgIpc) is 3.52. The highest BCUT2D eigenvalue weighted by Crippen LogP contribution is 2.34. The van der Waals surface area contributed by atoms with E-state index in [2.05, 4.69) is 30.5 Å². The topological polar surface area (TPSA) is 115 Å². The lowest BCUT2D eigenvalue weighted by atomic mass is 10.0. The van der Waals surface area contributed by atoms with Crippen molar-refractivity contribution >= 4 is 33.5 Å². The van der Waals surface area contributed by atoms with E-state index >= 15 is 0 Å². The van der Waals surface area contributed by atoms with Gasteiger partial charge in [-0.3, -0.25) is 19.9 Å². The summed E-state index contributed by atoms with van der Waals surface area (Å²) < 4.78 is 13.9. The molecule has 0 saturated heterocycles. The lowest BCUT2D eigenvalue weighted by molar-refractivity contribution is -0.116. The summed E-state index contributed by atoms with van der Waals surface area (Å²) >= 11 is 0. The molecule has 0 saturated carbocycles. The smallest absolute Gasteiger partial charge is 0.238 e. The second kappa shape index (κ2) is 9.49. The summed E-state index contributed by atoms with van der Waals surface area (Å²) in [4.78, 5) is 30.8. The third-order valence-corrected chi connectivity index (χ3v) is 6.12. The lowest BCUT2D eigenvalue weighted by Crippen LogP contribution is -2.27. The number of carbonyl (C=O) groups is 1. The number of likely N-dealkylation sites (N-methyl/N-ethyl adjacent to an activating group) is 1. The Hall–Kier alpha value is -4.96. The van der Waals surface area contributed by atoms with E-state index in [4.69, 9.17) is 4.98 Å². The van der Waals surface area contributed by atoms with Crippen LogP contribution in [-0.2, 0) is 4.79 Å². The predicted molar refractivity (Wildman–Crippen MR) is 145 cm³/mol. The molecule has 0 aliphatic heterocycles. The van der Waals surface area contributed by atoms with E-state index in [-0.39, 0.29) is 18.3 Å². The van der Waals surface area contributed by atoms with Gasteiger partial charge in [-0.05, 0) is 56.1 Å². The SMILES string of the molecule is CN(C)CC(=O)Nc1cncc(-c2ccc3[nH]nc(-c4cc5c(-c6cccc(F)c6)cncc5[nH]4)c3n2)c1. The number of hydrogen-bond acceptors (Lipinski definition) is 6. The van der Waals surface area contributed by atoms with E-state index in [1.165, 1.54) is 12.1 Å². The second-order valence-corrected chi connectivity index (χ2v) is 9.25. The summed E-state index contributed by atoms with van der Waals surface area (Å²) in [6.45, 7) is 0.272. The molecule has 5 heterocycles. The Bertz CT molecular complexity index is 1810. The van der Waals surface area contributed by atoms with Crippen LogP contribution in [0.5, 0.6) is 0 Å². The lowest BCUT2D eigenvalue weighted by Gasteiger charge is -2.10. The predicted octanol–water partition coefficient (Wildman–Crippen LogP) is 4.87. The Balaban J connectivity index is 1.38. The van der Waals surface area contributed by atoms with Gasteiger partial charge in [-0.2, -0.15) is 5.10 Å². The van der Waals surface area contributed by atoms with Gasteiger partial charge in [0.05, 0.1) is 47.0 Å². The molecule has 5 aromatic heterocycles. The summed E-state index contributed by atoms with van der Waals surface area (Å²) in [6, 6.07) is 14.1. The highest BCUT2D eigenvalue weighted by atomic mass is 19.1. The Morgan fingerprint density at radius 1 is 0.974 bits per heavy atom. The van der Waals surface area contributed by atoms with Crippen LogP contribution in [0.25, 0.3) is 55.7 Å². The number of aromatic nitrogens is 6. The quantitative estimate of drug-likeness (QED) is 0.297. The Morgan fingerprint density at radius 2 is 1.84 bits per heavy atom.